The Bertz CT molecular complexity index is 1260. The summed E-state index contributed by atoms with van der Waals surface area (Å²) in [6, 6.07) is 15.2. The molecule has 1 aliphatic heterocycles. The van der Waals surface area contributed by atoms with Crippen molar-refractivity contribution in [1.29, 1.82) is 0 Å². The van der Waals surface area contributed by atoms with Gasteiger partial charge in [0.05, 0.1) is 22.0 Å². The lowest BCUT2D eigenvalue weighted by atomic mass is 10.1. The zero-order valence-electron chi connectivity index (χ0n) is 18.1. The number of likely N-dealkylation sites (tertiary alicyclic amines) is 1. The van der Waals surface area contributed by atoms with E-state index in [-0.39, 0.29) is 23.6 Å². The number of hydrogen-bond donors (Lipinski definition) is 1. The van der Waals surface area contributed by atoms with E-state index < -0.39 is 0 Å². The summed E-state index contributed by atoms with van der Waals surface area (Å²) < 4.78 is 3.02. The molecule has 1 aliphatic rings. The highest BCUT2D eigenvalue weighted by Crippen LogP contribution is 2.37. The van der Waals surface area contributed by atoms with E-state index >= 15 is 0 Å². The molecule has 1 fully saturated rings. The molecule has 0 aliphatic carbocycles. The number of rotatable bonds is 6. The van der Waals surface area contributed by atoms with Gasteiger partial charge in [-0.3, -0.25) is 9.59 Å². The number of imidazole rings is 1. The van der Waals surface area contributed by atoms with Crippen molar-refractivity contribution in [3.05, 3.63) is 71.5 Å². The Morgan fingerprint density at radius 1 is 1.18 bits per heavy atom. The SMILES string of the molecule is Cn1ccnc1SCC(=O)Nc1ccc(C(=O)N2CCCC2c2nc3ccccc3s2)cc1. The van der Waals surface area contributed by atoms with Gasteiger partial charge in [0.15, 0.2) is 5.16 Å². The molecule has 2 aromatic heterocycles. The van der Waals surface area contributed by atoms with Crippen LogP contribution < -0.4 is 5.32 Å². The van der Waals surface area contributed by atoms with Crippen LogP contribution in [-0.2, 0) is 11.8 Å². The van der Waals surface area contributed by atoms with Crippen molar-refractivity contribution in [1.82, 2.24) is 19.4 Å². The summed E-state index contributed by atoms with van der Waals surface area (Å²) in [5, 5.41) is 4.67. The molecule has 1 saturated heterocycles. The fraction of sp³-hybridized carbons (Fsp3) is 0.250. The van der Waals surface area contributed by atoms with Crippen LogP contribution >= 0.6 is 23.1 Å². The van der Waals surface area contributed by atoms with Crippen LogP contribution in [0.3, 0.4) is 0 Å². The third-order valence-corrected chi connectivity index (χ3v) is 7.83. The van der Waals surface area contributed by atoms with Crippen molar-refractivity contribution in [2.45, 2.75) is 24.0 Å². The Labute approximate surface area is 199 Å². The molecule has 1 unspecified atom stereocenters. The molecule has 0 radical (unpaired) electrons. The molecule has 2 amide bonds. The van der Waals surface area contributed by atoms with Gasteiger partial charge in [0, 0.05) is 37.2 Å². The van der Waals surface area contributed by atoms with Crippen molar-refractivity contribution in [3.8, 4) is 0 Å². The number of benzene rings is 2. The van der Waals surface area contributed by atoms with E-state index in [1.807, 2.05) is 40.9 Å². The van der Waals surface area contributed by atoms with Crippen LogP contribution in [0.25, 0.3) is 10.2 Å². The predicted octanol–water partition coefficient (Wildman–Crippen LogP) is 4.74. The van der Waals surface area contributed by atoms with Crippen molar-refractivity contribution in [2.75, 3.05) is 17.6 Å². The van der Waals surface area contributed by atoms with E-state index in [2.05, 4.69) is 16.4 Å². The smallest absolute Gasteiger partial charge is 0.254 e. The first-order chi connectivity index (χ1) is 16.1. The minimum atomic E-state index is -0.113. The lowest BCUT2D eigenvalue weighted by molar-refractivity contribution is -0.113. The van der Waals surface area contributed by atoms with Gasteiger partial charge in [0.1, 0.15) is 5.01 Å². The molecule has 0 saturated carbocycles. The topological polar surface area (TPSA) is 80.1 Å². The summed E-state index contributed by atoms with van der Waals surface area (Å²) in [5.41, 5.74) is 2.27. The van der Waals surface area contributed by atoms with Crippen LogP contribution in [-0.4, -0.2) is 43.5 Å². The number of nitrogens with one attached hydrogen (secondary N) is 1. The normalized spacial score (nSPS) is 15.8. The quantitative estimate of drug-likeness (QED) is 0.406. The molecular formula is C24H23N5O2S2. The Balaban J connectivity index is 1.23. The zero-order chi connectivity index (χ0) is 22.8. The van der Waals surface area contributed by atoms with Crippen LogP contribution in [0.1, 0.15) is 34.2 Å². The largest absolute Gasteiger partial charge is 0.329 e. The number of aromatic nitrogens is 3. The number of fused-ring (bicyclic) bond motifs is 1. The van der Waals surface area contributed by atoms with Crippen LogP contribution in [0.5, 0.6) is 0 Å². The lowest BCUT2D eigenvalue weighted by Gasteiger charge is -2.23. The molecule has 1 N–H and O–H groups in total. The van der Waals surface area contributed by atoms with E-state index in [9.17, 15) is 9.59 Å². The predicted molar refractivity (Wildman–Crippen MR) is 132 cm³/mol. The van der Waals surface area contributed by atoms with Crippen molar-refractivity contribution in [2.24, 2.45) is 7.05 Å². The van der Waals surface area contributed by atoms with Crippen LogP contribution in [0.15, 0.2) is 66.1 Å². The number of anilines is 1. The zero-order valence-corrected chi connectivity index (χ0v) is 19.7. The first kappa shape index (κ1) is 21.7. The average molecular weight is 478 g/mol. The highest BCUT2D eigenvalue weighted by atomic mass is 32.2. The number of aryl methyl sites for hydroxylation is 1. The number of para-hydroxylation sites is 1. The Morgan fingerprint density at radius 2 is 2.00 bits per heavy atom. The van der Waals surface area contributed by atoms with Gasteiger partial charge in [-0.15, -0.1) is 11.3 Å². The van der Waals surface area contributed by atoms with Crippen LogP contribution in [0.4, 0.5) is 5.69 Å². The maximum atomic E-state index is 13.2. The fourth-order valence-electron chi connectivity index (χ4n) is 3.98. The highest BCUT2D eigenvalue weighted by molar-refractivity contribution is 7.99. The van der Waals surface area contributed by atoms with E-state index in [0.717, 1.165) is 39.8 Å². The van der Waals surface area contributed by atoms with Gasteiger partial charge in [-0.25, -0.2) is 9.97 Å². The molecule has 33 heavy (non-hydrogen) atoms. The minimum absolute atomic E-state index is 0.0000274. The number of carbonyl (C=O) groups is 2. The summed E-state index contributed by atoms with van der Waals surface area (Å²) in [7, 11) is 1.89. The van der Waals surface area contributed by atoms with Gasteiger partial charge in [-0.05, 0) is 49.2 Å². The van der Waals surface area contributed by atoms with Gasteiger partial charge in [0.25, 0.3) is 5.91 Å². The molecule has 9 heteroatoms. The number of nitrogens with zero attached hydrogens (tertiary/aromatic N) is 4. The standard InChI is InChI=1S/C24H23N5O2S2/c1-28-14-12-25-24(28)32-15-21(30)26-17-10-8-16(9-11-17)23(31)29-13-4-6-19(29)22-27-18-5-2-3-7-20(18)33-22/h2-3,5,7-12,14,19H,4,6,13,15H2,1H3,(H,26,30). The second-order valence-electron chi connectivity index (χ2n) is 7.91. The number of carbonyl (C=O) groups excluding carboxylic acids is 2. The lowest BCUT2D eigenvalue weighted by Crippen LogP contribution is -2.30. The van der Waals surface area contributed by atoms with Crippen LogP contribution in [0.2, 0.25) is 0 Å². The monoisotopic (exact) mass is 477 g/mol. The van der Waals surface area contributed by atoms with E-state index in [4.69, 9.17) is 4.98 Å². The van der Waals surface area contributed by atoms with E-state index in [1.165, 1.54) is 11.8 Å². The number of amides is 2. The molecule has 168 valence electrons. The average Bonchev–Trinajstić information content (AvgIpc) is 3.56. The van der Waals surface area contributed by atoms with E-state index in [1.54, 1.807) is 41.8 Å². The molecule has 0 bridgehead atoms. The van der Waals surface area contributed by atoms with Gasteiger partial charge in [0.2, 0.25) is 5.91 Å². The summed E-state index contributed by atoms with van der Waals surface area (Å²) in [5.74, 6) is 0.154. The van der Waals surface area contributed by atoms with Gasteiger partial charge >= 0.3 is 0 Å². The number of thiazole rings is 1. The highest BCUT2D eigenvalue weighted by Gasteiger charge is 2.32. The van der Waals surface area contributed by atoms with Gasteiger partial charge < -0.3 is 14.8 Å². The number of thioether (sulfide) groups is 1. The summed E-state index contributed by atoms with van der Waals surface area (Å²) >= 11 is 3.04. The number of hydrogen-bond acceptors (Lipinski definition) is 6. The second-order valence-corrected chi connectivity index (χ2v) is 9.92. The van der Waals surface area contributed by atoms with Crippen molar-refractivity contribution >= 4 is 50.8 Å². The maximum absolute atomic E-state index is 13.2. The molecule has 3 heterocycles. The molecule has 0 spiro atoms. The van der Waals surface area contributed by atoms with Crippen LogP contribution in [0, 0.1) is 0 Å². The third kappa shape index (κ3) is 4.65. The van der Waals surface area contributed by atoms with Crippen molar-refractivity contribution < 1.29 is 9.59 Å². The maximum Gasteiger partial charge on any atom is 0.254 e. The van der Waals surface area contributed by atoms with E-state index in [0.29, 0.717) is 11.3 Å². The molecular weight excluding hydrogens is 454 g/mol. The molecule has 2 aromatic carbocycles. The molecule has 4 aromatic rings. The van der Waals surface area contributed by atoms with Crippen molar-refractivity contribution in [3.63, 3.8) is 0 Å². The van der Waals surface area contributed by atoms with Gasteiger partial charge in [-0.2, -0.15) is 0 Å². The molecule has 5 rings (SSSR count). The molecule has 7 nitrogen and oxygen atoms in total. The van der Waals surface area contributed by atoms with Gasteiger partial charge in [-0.1, -0.05) is 23.9 Å². The summed E-state index contributed by atoms with van der Waals surface area (Å²) in [6.45, 7) is 0.725. The minimum Gasteiger partial charge on any atom is -0.329 e. The third-order valence-electron chi connectivity index (χ3n) is 5.63. The molecule has 1 atom stereocenters. The summed E-state index contributed by atoms with van der Waals surface area (Å²) in [6.07, 6.45) is 5.44. The Kier molecular flexibility index (Phi) is 6.15. The first-order valence-corrected chi connectivity index (χ1v) is 12.5. The Hall–Kier alpha value is -3.17. The second kappa shape index (κ2) is 9.36. The fourth-order valence-corrected chi connectivity index (χ4v) is 5.83. The summed E-state index contributed by atoms with van der Waals surface area (Å²) in [4.78, 5) is 36.4. The first-order valence-electron chi connectivity index (χ1n) is 10.7. The Morgan fingerprint density at radius 3 is 2.76 bits per heavy atom.